The Morgan fingerprint density at radius 1 is 1.10 bits per heavy atom. The molecule has 0 unspecified atom stereocenters. The summed E-state index contributed by atoms with van der Waals surface area (Å²) in [7, 11) is 0. The van der Waals surface area contributed by atoms with E-state index in [4.69, 9.17) is 11.5 Å². The van der Waals surface area contributed by atoms with Crippen molar-refractivity contribution in [3.63, 3.8) is 0 Å². The molecule has 0 aromatic carbocycles. The van der Waals surface area contributed by atoms with Gasteiger partial charge in [0.2, 0.25) is 0 Å². The van der Waals surface area contributed by atoms with Crippen LogP contribution in [0.25, 0.3) is 0 Å². The molecule has 0 fully saturated rings. The SMILES string of the molecule is NCCCCC(F)(F)CN. The highest BCUT2D eigenvalue weighted by molar-refractivity contribution is 4.66. The molecule has 4 N–H and O–H groups in total. The van der Waals surface area contributed by atoms with Gasteiger partial charge in [-0.15, -0.1) is 0 Å². The number of alkyl halides is 2. The smallest absolute Gasteiger partial charge is 0.260 e. The molecule has 4 heteroatoms. The Labute approximate surface area is 59.6 Å². The Hall–Kier alpha value is -0.220. The summed E-state index contributed by atoms with van der Waals surface area (Å²) in [4.78, 5) is 0. The van der Waals surface area contributed by atoms with Crippen LogP contribution >= 0.6 is 0 Å². The van der Waals surface area contributed by atoms with Crippen LogP contribution in [0.3, 0.4) is 0 Å². The van der Waals surface area contributed by atoms with Crippen LogP contribution in [0, 0.1) is 0 Å². The first kappa shape index (κ1) is 9.78. The molecule has 0 aromatic rings. The second kappa shape index (κ2) is 4.57. The maximum Gasteiger partial charge on any atom is 0.260 e. The maximum atomic E-state index is 12.3. The number of halogens is 2. The van der Waals surface area contributed by atoms with Gasteiger partial charge in [0.15, 0.2) is 0 Å². The van der Waals surface area contributed by atoms with Crippen molar-refractivity contribution in [3.05, 3.63) is 0 Å². The fourth-order valence-electron chi connectivity index (χ4n) is 0.630. The predicted molar refractivity (Wildman–Crippen MR) is 36.9 cm³/mol. The summed E-state index contributed by atoms with van der Waals surface area (Å²) < 4.78 is 24.6. The van der Waals surface area contributed by atoms with Crippen molar-refractivity contribution >= 4 is 0 Å². The van der Waals surface area contributed by atoms with Gasteiger partial charge in [-0.3, -0.25) is 0 Å². The first-order valence-electron chi connectivity index (χ1n) is 3.40. The zero-order valence-corrected chi connectivity index (χ0v) is 5.95. The average molecular weight is 152 g/mol. The fraction of sp³-hybridized carbons (Fsp3) is 1.00. The molecule has 0 atom stereocenters. The standard InChI is InChI=1S/C6H14F2N2/c7-6(8,5-10)3-1-2-4-9/h1-5,9-10H2. The van der Waals surface area contributed by atoms with Crippen LogP contribution in [0.4, 0.5) is 8.78 Å². The van der Waals surface area contributed by atoms with Gasteiger partial charge in [-0.2, -0.15) is 0 Å². The van der Waals surface area contributed by atoms with Crippen molar-refractivity contribution in [3.8, 4) is 0 Å². The third-order valence-corrected chi connectivity index (χ3v) is 1.30. The molecule has 0 rings (SSSR count). The minimum absolute atomic E-state index is 0.138. The summed E-state index contributed by atoms with van der Waals surface area (Å²) in [5.74, 6) is -2.69. The number of hydrogen-bond acceptors (Lipinski definition) is 2. The molecule has 0 saturated carbocycles. The maximum absolute atomic E-state index is 12.3. The van der Waals surface area contributed by atoms with E-state index in [9.17, 15) is 8.78 Å². The van der Waals surface area contributed by atoms with E-state index in [0.29, 0.717) is 19.4 Å². The molecule has 0 heterocycles. The zero-order chi connectivity index (χ0) is 8.04. The number of nitrogens with two attached hydrogens (primary N) is 2. The molecule has 0 aliphatic carbocycles. The third kappa shape index (κ3) is 4.64. The van der Waals surface area contributed by atoms with E-state index in [1.807, 2.05) is 0 Å². The first-order chi connectivity index (χ1) is 4.62. The van der Waals surface area contributed by atoms with Crippen LogP contribution in [-0.4, -0.2) is 19.0 Å². The molecule has 0 aliphatic heterocycles. The van der Waals surface area contributed by atoms with Crippen molar-refractivity contribution in [2.75, 3.05) is 13.1 Å². The molecule has 0 bridgehead atoms. The lowest BCUT2D eigenvalue weighted by Gasteiger charge is -2.12. The van der Waals surface area contributed by atoms with E-state index in [2.05, 4.69) is 0 Å². The van der Waals surface area contributed by atoms with Crippen molar-refractivity contribution in [2.24, 2.45) is 11.5 Å². The number of rotatable bonds is 5. The highest BCUT2D eigenvalue weighted by Gasteiger charge is 2.25. The quantitative estimate of drug-likeness (QED) is 0.570. The Morgan fingerprint density at radius 2 is 1.70 bits per heavy atom. The van der Waals surface area contributed by atoms with Crippen LogP contribution in [-0.2, 0) is 0 Å². The summed E-state index contributed by atoms with van der Waals surface area (Å²) >= 11 is 0. The highest BCUT2D eigenvalue weighted by Crippen LogP contribution is 2.18. The molecule has 2 nitrogen and oxygen atoms in total. The monoisotopic (exact) mass is 152 g/mol. The summed E-state index contributed by atoms with van der Waals surface area (Å²) in [6.45, 7) is -0.0851. The van der Waals surface area contributed by atoms with Crippen LogP contribution in [0.5, 0.6) is 0 Å². The third-order valence-electron chi connectivity index (χ3n) is 1.30. The van der Waals surface area contributed by atoms with Gasteiger partial charge in [0, 0.05) is 6.42 Å². The lowest BCUT2D eigenvalue weighted by Crippen LogP contribution is -2.27. The number of unbranched alkanes of at least 4 members (excludes halogenated alkanes) is 1. The highest BCUT2D eigenvalue weighted by atomic mass is 19.3. The minimum atomic E-state index is -2.69. The lowest BCUT2D eigenvalue weighted by atomic mass is 10.1. The van der Waals surface area contributed by atoms with E-state index in [1.165, 1.54) is 0 Å². The summed E-state index contributed by atoms with van der Waals surface area (Å²) in [6, 6.07) is 0. The Bertz CT molecular complexity index is 85.8. The van der Waals surface area contributed by atoms with Crippen LogP contribution in [0.1, 0.15) is 19.3 Å². The van der Waals surface area contributed by atoms with Crippen molar-refractivity contribution in [1.82, 2.24) is 0 Å². The molecular formula is C6H14F2N2. The second-order valence-corrected chi connectivity index (χ2v) is 2.31. The first-order valence-corrected chi connectivity index (χ1v) is 3.40. The zero-order valence-electron chi connectivity index (χ0n) is 5.95. The number of hydrogen-bond donors (Lipinski definition) is 2. The second-order valence-electron chi connectivity index (χ2n) is 2.31. The minimum Gasteiger partial charge on any atom is -0.330 e. The normalized spacial score (nSPS) is 12.0. The largest absolute Gasteiger partial charge is 0.330 e. The van der Waals surface area contributed by atoms with E-state index in [-0.39, 0.29) is 6.42 Å². The van der Waals surface area contributed by atoms with Gasteiger partial charge in [0.25, 0.3) is 5.92 Å². The molecule has 0 amide bonds. The van der Waals surface area contributed by atoms with E-state index in [1.54, 1.807) is 0 Å². The Kier molecular flexibility index (Phi) is 4.47. The van der Waals surface area contributed by atoms with Crippen LogP contribution in [0.15, 0.2) is 0 Å². The van der Waals surface area contributed by atoms with Crippen molar-refractivity contribution in [2.45, 2.75) is 25.2 Å². The van der Waals surface area contributed by atoms with Crippen molar-refractivity contribution < 1.29 is 8.78 Å². The molecule has 62 valence electrons. The van der Waals surface area contributed by atoms with Crippen LogP contribution in [0.2, 0.25) is 0 Å². The fourth-order valence-corrected chi connectivity index (χ4v) is 0.630. The van der Waals surface area contributed by atoms with Gasteiger partial charge in [-0.05, 0) is 19.4 Å². The predicted octanol–water partition coefficient (Wildman–Crippen LogP) is 0.709. The van der Waals surface area contributed by atoms with Gasteiger partial charge in [0.05, 0.1) is 6.54 Å². The molecule has 10 heavy (non-hydrogen) atoms. The van der Waals surface area contributed by atoms with E-state index >= 15 is 0 Å². The lowest BCUT2D eigenvalue weighted by molar-refractivity contribution is -0.0000349. The molecule has 0 spiro atoms. The van der Waals surface area contributed by atoms with Gasteiger partial charge in [-0.25, -0.2) is 8.78 Å². The van der Waals surface area contributed by atoms with E-state index in [0.717, 1.165) is 0 Å². The summed E-state index contributed by atoms with van der Waals surface area (Å²) in [5, 5.41) is 0. The molecule has 0 saturated heterocycles. The summed E-state index contributed by atoms with van der Waals surface area (Å²) in [6.07, 6.45) is 0.969. The Morgan fingerprint density at radius 3 is 2.10 bits per heavy atom. The molecule has 0 radical (unpaired) electrons. The van der Waals surface area contributed by atoms with E-state index < -0.39 is 12.5 Å². The van der Waals surface area contributed by atoms with Gasteiger partial charge < -0.3 is 11.5 Å². The van der Waals surface area contributed by atoms with Crippen LogP contribution < -0.4 is 11.5 Å². The topological polar surface area (TPSA) is 52.0 Å². The van der Waals surface area contributed by atoms with Gasteiger partial charge in [-0.1, -0.05) is 0 Å². The average Bonchev–Trinajstić information content (AvgIpc) is 1.89. The van der Waals surface area contributed by atoms with Gasteiger partial charge in [0.1, 0.15) is 0 Å². The Balaban J connectivity index is 3.28. The molecule has 0 aliphatic rings. The van der Waals surface area contributed by atoms with Gasteiger partial charge >= 0.3 is 0 Å². The summed E-state index contributed by atoms with van der Waals surface area (Å²) in [5.41, 5.74) is 9.93. The molecule has 0 aromatic heterocycles. The molecular weight excluding hydrogens is 138 g/mol. The van der Waals surface area contributed by atoms with Crippen molar-refractivity contribution in [1.29, 1.82) is 0 Å².